The second kappa shape index (κ2) is 7.51. The summed E-state index contributed by atoms with van der Waals surface area (Å²) >= 11 is 0. The van der Waals surface area contributed by atoms with Crippen molar-refractivity contribution in [2.45, 2.75) is 40.3 Å². The Morgan fingerprint density at radius 1 is 1.17 bits per heavy atom. The lowest BCUT2D eigenvalue weighted by molar-refractivity contribution is 0.190. The predicted octanol–water partition coefficient (Wildman–Crippen LogP) is 0.697. The number of nitrogens with zero attached hydrogens (tertiary/aromatic N) is 3. The minimum Gasteiger partial charge on any atom is -0.395 e. The van der Waals surface area contributed by atoms with Crippen molar-refractivity contribution < 1.29 is 10.2 Å². The van der Waals surface area contributed by atoms with Crippen LogP contribution in [0.15, 0.2) is 0 Å². The van der Waals surface area contributed by atoms with Crippen molar-refractivity contribution in [3.05, 3.63) is 17.0 Å². The SMILES string of the molecule is CCCN(CCO)Cc1c(C)nn(CCO)c1C. The molecular formula is C13H25N3O2. The molecule has 104 valence electrons. The number of aliphatic hydroxyl groups is 2. The molecule has 0 unspecified atom stereocenters. The molecule has 18 heavy (non-hydrogen) atoms. The average molecular weight is 255 g/mol. The van der Waals surface area contributed by atoms with Crippen molar-refractivity contribution in [3.63, 3.8) is 0 Å². The monoisotopic (exact) mass is 255 g/mol. The largest absolute Gasteiger partial charge is 0.395 e. The molecule has 0 amide bonds. The minimum absolute atomic E-state index is 0.108. The summed E-state index contributed by atoms with van der Waals surface area (Å²) in [6, 6.07) is 0. The Morgan fingerprint density at radius 3 is 2.44 bits per heavy atom. The highest BCUT2D eigenvalue weighted by atomic mass is 16.3. The van der Waals surface area contributed by atoms with Crippen molar-refractivity contribution >= 4 is 0 Å². The number of rotatable bonds is 8. The second-order valence-electron chi connectivity index (χ2n) is 4.60. The molecule has 0 fully saturated rings. The highest BCUT2D eigenvalue weighted by Gasteiger charge is 2.14. The molecule has 2 N–H and O–H groups in total. The molecule has 1 aromatic heterocycles. The Hall–Kier alpha value is -0.910. The van der Waals surface area contributed by atoms with Gasteiger partial charge in [-0.1, -0.05) is 6.92 Å². The molecule has 1 heterocycles. The summed E-state index contributed by atoms with van der Waals surface area (Å²) in [5.41, 5.74) is 3.34. The molecule has 0 spiro atoms. The van der Waals surface area contributed by atoms with Crippen LogP contribution in [0.1, 0.15) is 30.3 Å². The maximum atomic E-state index is 9.07. The normalized spacial score (nSPS) is 11.4. The molecule has 1 aromatic rings. The van der Waals surface area contributed by atoms with Crippen LogP contribution in [-0.2, 0) is 13.1 Å². The standard InChI is InChI=1S/C13H25N3O2/c1-4-5-15(6-8-17)10-13-11(2)14-16(7-9-18)12(13)3/h17-18H,4-10H2,1-3H3. The van der Waals surface area contributed by atoms with Crippen molar-refractivity contribution in [2.24, 2.45) is 0 Å². The van der Waals surface area contributed by atoms with Crippen LogP contribution >= 0.6 is 0 Å². The third-order valence-corrected chi connectivity index (χ3v) is 3.18. The first-order chi connectivity index (χ1) is 8.63. The van der Waals surface area contributed by atoms with E-state index < -0.39 is 0 Å². The van der Waals surface area contributed by atoms with E-state index in [0.717, 1.165) is 30.9 Å². The molecule has 0 aromatic carbocycles. The zero-order valence-electron chi connectivity index (χ0n) is 11.7. The van der Waals surface area contributed by atoms with E-state index in [-0.39, 0.29) is 13.2 Å². The molecule has 0 radical (unpaired) electrons. The first-order valence-corrected chi connectivity index (χ1v) is 6.61. The highest BCUT2D eigenvalue weighted by Crippen LogP contribution is 2.15. The number of aliphatic hydroxyl groups excluding tert-OH is 2. The van der Waals surface area contributed by atoms with Crippen molar-refractivity contribution in [3.8, 4) is 0 Å². The van der Waals surface area contributed by atoms with E-state index in [9.17, 15) is 0 Å². The third kappa shape index (κ3) is 3.80. The van der Waals surface area contributed by atoms with Crippen LogP contribution in [-0.4, -0.2) is 51.2 Å². The Bertz CT molecular complexity index is 357. The van der Waals surface area contributed by atoms with Gasteiger partial charge in [0.2, 0.25) is 0 Å². The lowest BCUT2D eigenvalue weighted by Crippen LogP contribution is -2.27. The number of aryl methyl sites for hydroxylation is 1. The van der Waals surface area contributed by atoms with E-state index in [4.69, 9.17) is 10.2 Å². The third-order valence-electron chi connectivity index (χ3n) is 3.18. The molecule has 0 saturated carbocycles. The fourth-order valence-electron chi connectivity index (χ4n) is 2.23. The molecule has 5 nitrogen and oxygen atoms in total. The summed E-state index contributed by atoms with van der Waals surface area (Å²) in [6.45, 7) is 9.49. The van der Waals surface area contributed by atoms with Gasteiger partial charge in [-0.15, -0.1) is 0 Å². The van der Waals surface area contributed by atoms with Crippen LogP contribution in [0.3, 0.4) is 0 Å². The molecular weight excluding hydrogens is 230 g/mol. The van der Waals surface area contributed by atoms with Crippen LogP contribution < -0.4 is 0 Å². The van der Waals surface area contributed by atoms with Gasteiger partial charge in [-0.2, -0.15) is 5.10 Å². The Kier molecular flexibility index (Phi) is 6.32. The second-order valence-corrected chi connectivity index (χ2v) is 4.60. The maximum Gasteiger partial charge on any atom is 0.0644 e. The van der Waals surface area contributed by atoms with Gasteiger partial charge in [0.05, 0.1) is 25.5 Å². The van der Waals surface area contributed by atoms with E-state index in [1.165, 1.54) is 5.56 Å². The number of aromatic nitrogens is 2. The number of hydrogen-bond donors (Lipinski definition) is 2. The van der Waals surface area contributed by atoms with Gasteiger partial charge in [-0.05, 0) is 26.8 Å². The fourth-order valence-corrected chi connectivity index (χ4v) is 2.23. The van der Waals surface area contributed by atoms with E-state index in [1.807, 2.05) is 18.5 Å². The molecule has 0 aliphatic carbocycles. The fraction of sp³-hybridized carbons (Fsp3) is 0.769. The van der Waals surface area contributed by atoms with Gasteiger partial charge in [-0.25, -0.2) is 0 Å². The van der Waals surface area contributed by atoms with Crippen LogP contribution in [0.25, 0.3) is 0 Å². The van der Waals surface area contributed by atoms with E-state index in [0.29, 0.717) is 13.1 Å². The minimum atomic E-state index is 0.108. The van der Waals surface area contributed by atoms with E-state index >= 15 is 0 Å². The molecule has 0 atom stereocenters. The molecule has 0 aliphatic heterocycles. The lowest BCUT2D eigenvalue weighted by Gasteiger charge is -2.20. The quantitative estimate of drug-likeness (QED) is 0.718. The highest BCUT2D eigenvalue weighted by molar-refractivity contribution is 5.24. The van der Waals surface area contributed by atoms with Gasteiger partial charge in [0.25, 0.3) is 0 Å². The Balaban J connectivity index is 2.81. The summed E-state index contributed by atoms with van der Waals surface area (Å²) < 4.78 is 1.85. The zero-order chi connectivity index (χ0) is 13.5. The molecule has 1 rings (SSSR count). The van der Waals surface area contributed by atoms with Crippen LogP contribution in [0.2, 0.25) is 0 Å². The van der Waals surface area contributed by atoms with Crippen LogP contribution in [0, 0.1) is 13.8 Å². The van der Waals surface area contributed by atoms with Crippen molar-refractivity contribution in [1.82, 2.24) is 14.7 Å². The average Bonchev–Trinajstić information content (AvgIpc) is 2.58. The lowest BCUT2D eigenvalue weighted by atomic mass is 10.2. The van der Waals surface area contributed by atoms with Gasteiger partial charge in [-0.3, -0.25) is 9.58 Å². The molecule has 5 heteroatoms. The Labute approximate surface area is 109 Å². The maximum absolute atomic E-state index is 9.07. The molecule has 0 bridgehead atoms. The zero-order valence-corrected chi connectivity index (χ0v) is 11.7. The smallest absolute Gasteiger partial charge is 0.0644 e. The molecule has 0 saturated heterocycles. The van der Waals surface area contributed by atoms with E-state index in [1.54, 1.807) is 0 Å². The first-order valence-electron chi connectivity index (χ1n) is 6.61. The summed E-state index contributed by atoms with van der Waals surface area (Å²) in [5, 5.41) is 22.5. The first kappa shape index (κ1) is 15.1. The summed E-state index contributed by atoms with van der Waals surface area (Å²) in [5.74, 6) is 0. The van der Waals surface area contributed by atoms with Gasteiger partial charge in [0.15, 0.2) is 0 Å². The molecule has 0 aliphatic rings. The van der Waals surface area contributed by atoms with Crippen molar-refractivity contribution in [2.75, 3.05) is 26.3 Å². The number of hydrogen-bond acceptors (Lipinski definition) is 4. The summed E-state index contributed by atoms with van der Waals surface area (Å²) in [7, 11) is 0. The van der Waals surface area contributed by atoms with Crippen molar-refractivity contribution in [1.29, 1.82) is 0 Å². The van der Waals surface area contributed by atoms with Crippen LogP contribution in [0.4, 0.5) is 0 Å². The van der Waals surface area contributed by atoms with Crippen LogP contribution in [0.5, 0.6) is 0 Å². The van der Waals surface area contributed by atoms with Gasteiger partial charge in [0.1, 0.15) is 0 Å². The summed E-state index contributed by atoms with van der Waals surface area (Å²) in [6.07, 6.45) is 1.07. The summed E-state index contributed by atoms with van der Waals surface area (Å²) in [4.78, 5) is 2.24. The Morgan fingerprint density at radius 2 is 1.89 bits per heavy atom. The van der Waals surface area contributed by atoms with Gasteiger partial charge in [0, 0.05) is 24.3 Å². The predicted molar refractivity (Wildman–Crippen MR) is 71.4 cm³/mol. The van der Waals surface area contributed by atoms with Gasteiger partial charge < -0.3 is 10.2 Å². The van der Waals surface area contributed by atoms with Gasteiger partial charge >= 0.3 is 0 Å². The van der Waals surface area contributed by atoms with E-state index in [2.05, 4.69) is 16.9 Å². The topological polar surface area (TPSA) is 61.5 Å².